The summed E-state index contributed by atoms with van der Waals surface area (Å²) in [6.07, 6.45) is 4.36. The molecule has 146 valence electrons. The van der Waals surface area contributed by atoms with E-state index in [-0.39, 0.29) is 6.03 Å². The van der Waals surface area contributed by atoms with Gasteiger partial charge in [-0.15, -0.1) is 11.3 Å². The summed E-state index contributed by atoms with van der Waals surface area (Å²) in [5.74, 6) is 0. The van der Waals surface area contributed by atoms with Crippen molar-refractivity contribution in [1.82, 2.24) is 15.3 Å². The van der Waals surface area contributed by atoms with E-state index in [4.69, 9.17) is 27.9 Å². The molecule has 3 rings (SSSR count). The number of pyridine rings is 1. The number of halogens is 2. The molecule has 0 spiro atoms. The highest BCUT2D eigenvalue weighted by atomic mass is 35.5. The van der Waals surface area contributed by atoms with Gasteiger partial charge in [-0.1, -0.05) is 35.3 Å². The summed E-state index contributed by atoms with van der Waals surface area (Å²) in [6, 6.07) is 8.79. The monoisotopic (exact) mass is 436 g/mol. The molecule has 3 aromatic rings. The molecule has 2 amide bonds. The Balaban J connectivity index is 1.38. The summed E-state index contributed by atoms with van der Waals surface area (Å²) in [4.78, 5) is 20.4. The van der Waals surface area contributed by atoms with Gasteiger partial charge in [-0.25, -0.2) is 9.78 Å². The van der Waals surface area contributed by atoms with Gasteiger partial charge >= 0.3 is 6.03 Å². The molecule has 0 saturated carbocycles. The van der Waals surface area contributed by atoms with Gasteiger partial charge in [0.1, 0.15) is 0 Å². The smallest absolute Gasteiger partial charge is 0.321 e. The van der Waals surface area contributed by atoms with Crippen molar-refractivity contribution in [3.05, 3.63) is 75.0 Å². The molecule has 2 N–H and O–H groups in total. The molecule has 9 heteroatoms. The van der Waals surface area contributed by atoms with Crippen molar-refractivity contribution in [3.63, 3.8) is 0 Å². The zero-order valence-corrected chi connectivity index (χ0v) is 17.2. The van der Waals surface area contributed by atoms with Gasteiger partial charge in [0, 0.05) is 24.3 Å². The molecular formula is C19H18Cl2N4O2S. The van der Waals surface area contributed by atoms with Crippen LogP contribution in [-0.4, -0.2) is 22.6 Å². The minimum absolute atomic E-state index is 0.332. The Labute approximate surface area is 176 Å². The van der Waals surface area contributed by atoms with Crippen LogP contribution < -0.4 is 10.6 Å². The number of carbonyl (C=O) groups is 1. The Morgan fingerprint density at radius 2 is 2.07 bits per heavy atom. The molecule has 0 bridgehead atoms. The number of nitrogens with one attached hydrogen (secondary N) is 2. The number of carbonyl (C=O) groups excluding carboxylic acids is 1. The number of aromatic nitrogens is 2. The second kappa shape index (κ2) is 10.4. The molecule has 0 atom stereocenters. The van der Waals surface area contributed by atoms with Crippen LogP contribution in [-0.2, 0) is 24.3 Å². The van der Waals surface area contributed by atoms with Gasteiger partial charge in [-0.3, -0.25) is 10.3 Å². The van der Waals surface area contributed by atoms with Crippen molar-refractivity contribution >= 4 is 45.7 Å². The van der Waals surface area contributed by atoms with Gasteiger partial charge < -0.3 is 10.1 Å². The van der Waals surface area contributed by atoms with Crippen LogP contribution in [0.25, 0.3) is 0 Å². The maximum atomic E-state index is 12.0. The number of benzene rings is 1. The number of urea groups is 1. The van der Waals surface area contributed by atoms with E-state index in [2.05, 4.69) is 20.6 Å². The maximum Gasteiger partial charge on any atom is 0.321 e. The van der Waals surface area contributed by atoms with Gasteiger partial charge in [-0.05, 0) is 35.7 Å². The first kappa shape index (κ1) is 20.5. The fourth-order valence-electron chi connectivity index (χ4n) is 2.32. The molecule has 28 heavy (non-hydrogen) atoms. The average Bonchev–Trinajstić information content (AvgIpc) is 3.14. The Hall–Kier alpha value is -2.19. The van der Waals surface area contributed by atoms with Crippen LogP contribution in [0.2, 0.25) is 10.0 Å². The van der Waals surface area contributed by atoms with Gasteiger partial charge in [-0.2, -0.15) is 0 Å². The van der Waals surface area contributed by atoms with Crippen molar-refractivity contribution in [2.24, 2.45) is 0 Å². The second-order valence-electron chi connectivity index (χ2n) is 5.86. The standard InChI is InChI=1S/C19H18Cl2N4O2S/c20-16-4-3-14(8-17(16)21)10-23-18(26)25-19-24-15(12-28-19)11-27-7-5-13-2-1-6-22-9-13/h1-4,6,8-9,12H,5,7,10-11H2,(H2,23,24,25,26). The molecule has 0 fully saturated rings. The largest absolute Gasteiger partial charge is 0.375 e. The van der Waals surface area contributed by atoms with Gasteiger partial charge in [0.15, 0.2) is 5.13 Å². The number of anilines is 1. The summed E-state index contributed by atoms with van der Waals surface area (Å²) < 4.78 is 5.63. The minimum Gasteiger partial charge on any atom is -0.375 e. The lowest BCUT2D eigenvalue weighted by Crippen LogP contribution is -2.28. The van der Waals surface area contributed by atoms with Crippen molar-refractivity contribution in [2.75, 3.05) is 11.9 Å². The highest BCUT2D eigenvalue weighted by Gasteiger charge is 2.07. The second-order valence-corrected chi connectivity index (χ2v) is 7.54. The average molecular weight is 437 g/mol. The van der Waals surface area contributed by atoms with E-state index >= 15 is 0 Å². The summed E-state index contributed by atoms with van der Waals surface area (Å²) in [6.45, 7) is 1.30. The number of nitrogens with zero attached hydrogens (tertiary/aromatic N) is 2. The SMILES string of the molecule is O=C(NCc1ccc(Cl)c(Cl)c1)Nc1nc(COCCc2cccnc2)cs1. The van der Waals surface area contributed by atoms with Crippen LogP contribution in [0.1, 0.15) is 16.8 Å². The number of amides is 2. The minimum atomic E-state index is -0.343. The normalized spacial score (nSPS) is 10.6. The number of rotatable bonds is 8. The summed E-state index contributed by atoms with van der Waals surface area (Å²) in [7, 11) is 0. The van der Waals surface area contributed by atoms with E-state index in [0.717, 1.165) is 23.2 Å². The molecular weight excluding hydrogens is 419 g/mol. The number of hydrogen-bond acceptors (Lipinski definition) is 5. The van der Waals surface area contributed by atoms with Crippen LogP contribution in [0.5, 0.6) is 0 Å². The summed E-state index contributed by atoms with van der Waals surface area (Å²) in [5.41, 5.74) is 2.75. The first-order chi connectivity index (χ1) is 13.6. The van der Waals surface area contributed by atoms with E-state index in [1.807, 2.05) is 23.7 Å². The van der Waals surface area contributed by atoms with Gasteiger partial charge in [0.05, 0.1) is 29.0 Å². The van der Waals surface area contributed by atoms with Gasteiger partial charge in [0.2, 0.25) is 0 Å². The maximum absolute atomic E-state index is 12.0. The highest BCUT2D eigenvalue weighted by molar-refractivity contribution is 7.13. The lowest BCUT2D eigenvalue weighted by Gasteiger charge is -2.06. The number of thiazole rings is 1. The van der Waals surface area contributed by atoms with Gasteiger partial charge in [0.25, 0.3) is 0 Å². The first-order valence-electron chi connectivity index (χ1n) is 8.50. The highest BCUT2D eigenvalue weighted by Crippen LogP contribution is 2.22. The molecule has 0 aliphatic carbocycles. The van der Waals surface area contributed by atoms with E-state index in [1.54, 1.807) is 24.4 Å². The fraction of sp³-hybridized carbons (Fsp3) is 0.211. The lowest BCUT2D eigenvalue weighted by molar-refractivity contribution is 0.121. The first-order valence-corrected chi connectivity index (χ1v) is 10.1. The van der Waals surface area contributed by atoms with E-state index in [9.17, 15) is 4.79 Å². The zero-order chi connectivity index (χ0) is 19.8. The number of hydrogen-bond donors (Lipinski definition) is 2. The molecule has 0 radical (unpaired) electrons. The van der Waals surface area contributed by atoms with Crippen molar-refractivity contribution in [2.45, 2.75) is 19.6 Å². The summed E-state index contributed by atoms with van der Waals surface area (Å²) >= 11 is 13.2. The molecule has 0 aliphatic heterocycles. The van der Waals surface area contributed by atoms with Crippen molar-refractivity contribution in [3.8, 4) is 0 Å². The van der Waals surface area contributed by atoms with Crippen molar-refractivity contribution < 1.29 is 9.53 Å². The Bertz CT molecular complexity index is 921. The fourth-order valence-corrected chi connectivity index (χ4v) is 3.33. The van der Waals surface area contributed by atoms with Crippen molar-refractivity contribution in [1.29, 1.82) is 0 Å². The van der Waals surface area contributed by atoms with Crippen LogP contribution in [0, 0.1) is 0 Å². The molecule has 0 saturated heterocycles. The third kappa shape index (κ3) is 6.45. The Morgan fingerprint density at radius 3 is 2.86 bits per heavy atom. The van der Waals surface area contributed by atoms with E-state index in [1.165, 1.54) is 11.3 Å². The Morgan fingerprint density at radius 1 is 1.18 bits per heavy atom. The zero-order valence-electron chi connectivity index (χ0n) is 14.8. The number of ether oxygens (including phenoxy) is 1. The van der Waals surface area contributed by atoms with Crippen LogP contribution >= 0.6 is 34.5 Å². The Kier molecular flexibility index (Phi) is 7.62. The third-order valence-corrected chi connectivity index (χ3v) is 5.26. The van der Waals surface area contributed by atoms with Crippen LogP contribution in [0.15, 0.2) is 48.1 Å². The molecule has 0 unspecified atom stereocenters. The summed E-state index contributed by atoms with van der Waals surface area (Å²) in [5, 5.41) is 8.76. The van der Waals surface area contributed by atoms with E-state index < -0.39 is 0 Å². The molecule has 0 aliphatic rings. The predicted octanol–water partition coefficient (Wildman–Crippen LogP) is 4.93. The lowest BCUT2D eigenvalue weighted by atomic mass is 10.2. The topological polar surface area (TPSA) is 76.1 Å². The molecule has 2 aromatic heterocycles. The van der Waals surface area contributed by atoms with E-state index in [0.29, 0.717) is 34.9 Å². The third-order valence-electron chi connectivity index (χ3n) is 3.72. The van der Waals surface area contributed by atoms with Crippen LogP contribution in [0.3, 0.4) is 0 Å². The molecule has 2 heterocycles. The molecule has 1 aromatic carbocycles. The predicted molar refractivity (Wildman–Crippen MR) is 112 cm³/mol. The molecule has 6 nitrogen and oxygen atoms in total. The van der Waals surface area contributed by atoms with Crippen LogP contribution in [0.4, 0.5) is 9.93 Å². The quantitative estimate of drug-likeness (QED) is 0.491.